The van der Waals surface area contributed by atoms with Crippen LogP contribution in [0, 0.1) is 17.7 Å². The summed E-state index contributed by atoms with van der Waals surface area (Å²) in [5.41, 5.74) is 0.0988. The van der Waals surface area contributed by atoms with Gasteiger partial charge in [-0.15, -0.1) is 0 Å². The smallest absolute Gasteiger partial charge is 0.255 e. The Morgan fingerprint density at radius 3 is 2.20 bits per heavy atom. The van der Waals surface area contributed by atoms with Crippen molar-refractivity contribution in [2.24, 2.45) is 11.8 Å². The quantitative estimate of drug-likeness (QED) is 0.252. The first-order chi connectivity index (χ1) is 23.6. The van der Waals surface area contributed by atoms with E-state index >= 15 is 0 Å². The molecule has 268 valence electrons. The number of halogens is 1. The Morgan fingerprint density at radius 2 is 1.56 bits per heavy atom. The number of nitrogens with zero attached hydrogens (tertiary/aromatic N) is 1. The summed E-state index contributed by atoms with van der Waals surface area (Å²) >= 11 is 0. The topological polar surface area (TPSA) is 179 Å². The third-order valence-corrected chi connectivity index (χ3v) is 8.55. The molecular weight excluding hydrogens is 647 g/mol. The third-order valence-electron chi connectivity index (χ3n) is 8.55. The number of aromatic amines is 1. The summed E-state index contributed by atoms with van der Waals surface area (Å²) in [5, 5.41) is 11.3. The van der Waals surface area contributed by atoms with Crippen LogP contribution in [0.25, 0.3) is 10.9 Å². The van der Waals surface area contributed by atoms with Crippen LogP contribution in [0.15, 0.2) is 53.3 Å². The summed E-state index contributed by atoms with van der Waals surface area (Å²) in [4.78, 5) is 84.9. The molecule has 0 unspecified atom stereocenters. The number of carbonyl (C=O) groups excluding carboxylic acids is 5. The number of pyridine rings is 1. The van der Waals surface area contributed by atoms with Crippen LogP contribution in [-0.2, 0) is 25.6 Å². The molecule has 2 aromatic carbocycles. The maximum absolute atomic E-state index is 14.2. The summed E-state index contributed by atoms with van der Waals surface area (Å²) < 4.78 is 19.3. The molecule has 3 aromatic rings. The number of H-pyrrole nitrogens is 1. The number of fused-ring (bicyclic) bond motifs is 1. The zero-order chi connectivity index (χ0) is 36.7. The third kappa shape index (κ3) is 9.67. The molecule has 1 aliphatic rings. The molecule has 2 heterocycles. The van der Waals surface area contributed by atoms with Crippen LogP contribution in [0.4, 0.5) is 4.39 Å². The molecule has 0 radical (unpaired) electrons. The summed E-state index contributed by atoms with van der Waals surface area (Å²) in [6.07, 6.45) is 0.306. The minimum atomic E-state index is -1.10. The van der Waals surface area contributed by atoms with E-state index in [1.54, 1.807) is 24.3 Å². The maximum Gasteiger partial charge on any atom is 0.255 e. The van der Waals surface area contributed by atoms with E-state index in [0.29, 0.717) is 5.75 Å². The van der Waals surface area contributed by atoms with Crippen molar-refractivity contribution < 1.29 is 33.1 Å². The molecule has 4 rings (SSSR count). The van der Waals surface area contributed by atoms with Gasteiger partial charge in [-0.2, -0.15) is 0 Å². The first-order valence-corrected chi connectivity index (χ1v) is 16.6. The minimum absolute atomic E-state index is 0.0466. The number of aromatic nitrogens is 1. The van der Waals surface area contributed by atoms with Crippen molar-refractivity contribution in [3.05, 3.63) is 75.8 Å². The van der Waals surface area contributed by atoms with Gasteiger partial charge in [0.1, 0.15) is 29.7 Å². The molecule has 1 saturated heterocycles. The van der Waals surface area contributed by atoms with Gasteiger partial charge in [-0.1, -0.05) is 39.8 Å². The van der Waals surface area contributed by atoms with E-state index in [-0.39, 0.29) is 47.7 Å². The summed E-state index contributed by atoms with van der Waals surface area (Å²) in [5.74, 6) is -3.45. The molecule has 1 aromatic heterocycles. The van der Waals surface area contributed by atoms with Gasteiger partial charge in [0.05, 0.1) is 24.7 Å². The second-order valence-electron chi connectivity index (χ2n) is 13.4. The molecule has 5 N–H and O–H groups in total. The van der Waals surface area contributed by atoms with Gasteiger partial charge in [0.25, 0.3) is 5.91 Å². The van der Waals surface area contributed by atoms with Crippen LogP contribution in [0.5, 0.6) is 5.75 Å². The first kappa shape index (κ1) is 37.5. The Bertz CT molecular complexity index is 1790. The number of methoxy groups -OCH3 is 1. The van der Waals surface area contributed by atoms with Gasteiger partial charge in [0.15, 0.2) is 0 Å². The van der Waals surface area contributed by atoms with Crippen molar-refractivity contribution in [3.63, 3.8) is 0 Å². The largest absolute Gasteiger partial charge is 0.497 e. The normalized spacial score (nSPS) is 21.2. The van der Waals surface area contributed by atoms with Crippen molar-refractivity contribution in [1.29, 1.82) is 0 Å². The van der Waals surface area contributed by atoms with Gasteiger partial charge in [-0.25, -0.2) is 4.39 Å². The Morgan fingerprint density at radius 1 is 0.880 bits per heavy atom. The predicted octanol–water partition coefficient (Wildman–Crippen LogP) is 2.04. The Labute approximate surface area is 289 Å². The SMILES string of the molecule is COc1ccc(C[C@@H]2NC(=O)[C@H](CC(C)C)NC(=O)CN(C(=O)c3cc(=O)[nH]c4cc(F)ccc34)C[C@H](C(C)C)NC(=O)[C@@H](C)NC2=O)cc1. The van der Waals surface area contributed by atoms with Crippen LogP contribution >= 0.6 is 0 Å². The lowest BCUT2D eigenvalue weighted by atomic mass is 10.0. The van der Waals surface area contributed by atoms with E-state index < -0.39 is 71.6 Å². The van der Waals surface area contributed by atoms with E-state index in [4.69, 9.17) is 4.74 Å². The number of nitrogens with one attached hydrogen (secondary N) is 5. The molecule has 0 bridgehead atoms. The number of benzene rings is 2. The van der Waals surface area contributed by atoms with Gasteiger partial charge < -0.3 is 35.9 Å². The van der Waals surface area contributed by atoms with E-state index in [2.05, 4.69) is 26.3 Å². The molecule has 4 atom stereocenters. The minimum Gasteiger partial charge on any atom is -0.497 e. The number of ether oxygens (including phenoxy) is 1. The lowest BCUT2D eigenvalue weighted by molar-refractivity contribution is -0.133. The molecule has 13 nitrogen and oxygen atoms in total. The summed E-state index contributed by atoms with van der Waals surface area (Å²) in [6, 6.07) is 7.75. The van der Waals surface area contributed by atoms with Gasteiger partial charge in [0.2, 0.25) is 29.2 Å². The zero-order valence-corrected chi connectivity index (χ0v) is 29.1. The second kappa shape index (κ2) is 16.4. The molecule has 50 heavy (non-hydrogen) atoms. The molecule has 1 aliphatic heterocycles. The highest BCUT2D eigenvalue weighted by Gasteiger charge is 2.33. The van der Waals surface area contributed by atoms with Crippen LogP contribution in [0.1, 0.15) is 57.0 Å². The van der Waals surface area contributed by atoms with Crippen LogP contribution < -0.4 is 31.6 Å². The zero-order valence-electron chi connectivity index (χ0n) is 29.1. The van der Waals surface area contributed by atoms with Crippen LogP contribution in [0.3, 0.4) is 0 Å². The summed E-state index contributed by atoms with van der Waals surface area (Å²) in [6.45, 7) is 8.21. The highest BCUT2D eigenvalue weighted by molar-refractivity contribution is 6.07. The molecule has 0 aliphatic carbocycles. The molecule has 14 heteroatoms. The average molecular weight is 693 g/mol. The standard InChI is InChI=1S/C36H45FN6O7/c1-19(2)13-28-35(48)41-29(14-22-7-10-24(50-6)11-8-22)34(47)38-21(5)33(46)42-30(20(3)4)17-43(18-32(45)40-28)36(49)26-16-31(44)39-27-15-23(37)9-12-25(26)27/h7-12,15-16,19-21,28-30H,13-14,17-18H2,1-6H3,(H,38,47)(H,39,44)(H,40,45)(H,41,48)(H,42,46)/t21-,28+,29+,30-/m1/s1. The molecular formula is C36H45FN6O7. The monoisotopic (exact) mass is 692 g/mol. The summed E-state index contributed by atoms with van der Waals surface area (Å²) in [7, 11) is 1.53. The van der Waals surface area contributed by atoms with E-state index in [1.807, 2.05) is 27.7 Å². The number of hydrogen-bond acceptors (Lipinski definition) is 7. The fraction of sp³-hybridized carbons (Fsp3) is 0.444. The van der Waals surface area contributed by atoms with Crippen LogP contribution in [-0.4, -0.2) is 83.8 Å². The van der Waals surface area contributed by atoms with Crippen molar-refractivity contribution in [3.8, 4) is 5.75 Å². The molecule has 0 saturated carbocycles. The van der Waals surface area contributed by atoms with Gasteiger partial charge >= 0.3 is 0 Å². The van der Waals surface area contributed by atoms with E-state index in [9.17, 15) is 33.2 Å². The molecule has 1 fully saturated rings. The van der Waals surface area contributed by atoms with Crippen molar-refractivity contribution in [1.82, 2.24) is 31.2 Å². The van der Waals surface area contributed by atoms with Crippen LogP contribution in [0.2, 0.25) is 0 Å². The second-order valence-corrected chi connectivity index (χ2v) is 13.4. The Kier molecular flexibility index (Phi) is 12.3. The highest BCUT2D eigenvalue weighted by Crippen LogP contribution is 2.20. The highest BCUT2D eigenvalue weighted by atomic mass is 19.1. The van der Waals surface area contributed by atoms with E-state index in [1.165, 1.54) is 25.0 Å². The van der Waals surface area contributed by atoms with Crippen molar-refractivity contribution in [2.75, 3.05) is 20.2 Å². The Balaban J connectivity index is 1.73. The fourth-order valence-corrected chi connectivity index (χ4v) is 5.74. The van der Waals surface area contributed by atoms with Gasteiger partial charge in [0, 0.05) is 30.5 Å². The average Bonchev–Trinajstić information content (AvgIpc) is 3.05. The number of amides is 5. The number of rotatable bonds is 7. The van der Waals surface area contributed by atoms with Crippen molar-refractivity contribution in [2.45, 2.75) is 71.6 Å². The van der Waals surface area contributed by atoms with Crippen molar-refractivity contribution >= 4 is 40.4 Å². The molecule has 0 spiro atoms. The molecule has 5 amide bonds. The van der Waals surface area contributed by atoms with Gasteiger partial charge in [-0.05, 0) is 61.1 Å². The first-order valence-electron chi connectivity index (χ1n) is 16.6. The number of hydrogen-bond donors (Lipinski definition) is 5. The fourth-order valence-electron chi connectivity index (χ4n) is 5.74. The lowest BCUT2D eigenvalue weighted by Gasteiger charge is -2.31. The predicted molar refractivity (Wildman–Crippen MR) is 185 cm³/mol. The maximum atomic E-state index is 14.2. The van der Waals surface area contributed by atoms with E-state index in [0.717, 1.165) is 23.8 Å². The Hall–Kier alpha value is -5.27. The lowest BCUT2D eigenvalue weighted by Crippen LogP contribution is -2.57. The van der Waals surface area contributed by atoms with Gasteiger partial charge in [-0.3, -0.25) is 28.8 Å². The number of carbonyl (C=O) groups is 5.